The van der Waals surface area contributed by atoms with Crippen LogP contribution in [-0.2, 0) is 0 Å². The van der Waals surface area contributed by atoms with Crippen LogP contribution in [0, 0.1) is 20.8 Å². The van der Waals surface area contributed by atoms with E-state index in [1.54, 1.807) is 12.1 Å². The molecule has 0 amide bonds. The van der Waals surface area contributed by atoms with Crippen LogP contribution in [0.25, 0.3) is 0 Å². The van der Waals surface area contributed by atoms with Gasteiger partial charge in [-0.1, -0.05) is 18.2 Å². The van der Waals surface area contributed by atoms with E-state index >= 15 is 0 Å². The second-order valence-electron chi connectivity index (χ2n) is 4.46. The molecular weight excluding hydrogens is 224 g/mol. The Hall–Kier alpha value is -2.09. The van der Waals surface area contributed by atoms with E-state index in [4.69, 9.17) is 4.74 Å². The van der Waals surface area contributed by atoms with Crippen molar-refractivity contribution in [3.8, 4) is 11.5 Å². The van der Waals surface area contributed by atoms with Crippen LogP contribution in [0.1, 0.15) is 27.0 Å². The molecule has 2 rings (SSSR count). The van der Waals surface area contributed by atoms with Gasteiger partial charge < -0.3 is 4.74 Å². The summed E-state index contributed by atoms with van der Waals surface area (Å²) in [5, 5.41) is 0. The number of hydrogen-bond acceptors (Lipinski definition) is 2. The zero-order valence-corrected chi connectivity index (χ0v) is 10.9. The predicted molar refractivity (Wildman–Crippen MR) is 72.6 cm³/mol. The molecule has 0 spiro atoms. The lowest BCUT2D eigenvalue weighted by atomic mass is 10.1. The standard InChI is InChI=1S/C16H16O2/c1-11-8-12(2)13(3)16(9-11)18-15-7-5-4-6-14(15)10-17/h4-10H,1-3H3. The fourth-order valence-corrected chi connectivity index (χ4v) is 1.90. The van der Waals surface area contributed by atoms with Crippen molar-refractivity contribution in [2.24, 2.45) is 0 Å². The molecule has 0 unspecified atom stereocenters. The van der Waals surface area contributed by atoms with Gasteiger partial charge in [0.05, 0.1) is 5.56 Å². The third-order valence-electron chi connectivity index (χ3n) is 3.03. The van der Waals surface area contributed by atoms with Crippen LogP contribution in [0.3, 0.4) is 0 Å². The van der Waals surface area contributed by atoms with E-state index in [0.717, 1.165) is 23.2 Å². The Kier molecular flexibility index (Phi) is 3.47. The van der Waals surface area contributed by atoms with E-state index in [9.17, 15) is 4.79 Å². The highest BCUT2D eigenvalue weighted by Crippen LogP contribution is 2.29. The molecule has 0 aliphatic heterocycles. The van der Waals surface area contributed by atoms with Crippen molar-refractivity contribution in [3.63, 3.8) is 0 Å². The summed E-state index contributed by atoms with van der Waals surface area (Å²) in [6, 6.07) is 11.4. The van der Waals surface area contributed by atoms with Crippen LogP contribution in [0.5, 0.6) is 11.5 Å². The van der Waals surface area contributed by atoms with Crippen molar-refractivity contribution in [2.45, 2.75) is 20.8 Å². The molecule has 0 aliphatic carbocycles. The lowest BCUT2D eigenvalue weighted by Gasteiger charge is -2.13. The summed E-state index contributed by atoms with van der Waals surface area (Å²) in [6.45, 7) is 6.11. The maximum Gasteiger partial charge on any atom is 0.153 e. The summed E-state index contributed by atoms with van der Waals surface area (Å²) in [5.74, 6) is 1.41. The first-order valence-corrected chi connectivity index (χ1v) is 5.91. The first-order valence-electron chi connectivity index (χ1n) is 5.91. The van der Waals surface area contributed by atoms with Gasteiger partial charge in [0.2, 0.25) is 0 Å². The highest BCUT2D eigenvalue weighted by atomic mass is 16.5. The largest absolute Gasteiger partial charge is 0.456 e. The average Bonchev–Trinajstić information content (AvgIpc) is 2.36. The van der Waals surface area contributed by atoms with E-state index in [-0.39, 0.29) is 0 Å². The normalized spacial score (nSPS) is 10.2. The quantitative estimate of drug-likeness (QED) is 0.751. The summed E-state index contributed by atoms with van der Waals surface area (Å²) in [5.41, 5.74) is 4.00. The Morgan fingerprint density at radius 3 is 2.44 bits per heavy atom. The van der Waals surface area contributed by atoms with Gasteiger partial charge in [-0.15, -0.1) is 0 Å². The Morgan fingerprint density at radius 1 is 1.00 bits per heavy atom. The average molecular weight is 240 g/mol. The molecule has 0 N–H and O–H groups in total. The van der Waals surface area contributed by atoms with Crippen LogP contribution in [0.4, 0.5) is 0 Å². The molecule has 0 radical (unpaired) electrons. The molecule has 18 heavy (non-hydrogen) atoms. The summed E-state index contributed by atoms with van der Waals surface area (Å²) in [4.78, 5) is 11.0. The van der Waals surface area contributed by atoms with Gasteiger partial charge in [0, 0.05) is 0 Å². The molecule has 2 heteroatoms. The van der Waals surface area contributed by atoms with Gasteiger partial charge >= 0.3 is 0 Å². The summed E-state index contributed by atoms with van der Waals surface area (Å²) in [7, 11) is 0. The lowest BCUT2D eigenvalue weighted by Crippen LogP contribution is -1.94. The Balaban J connectivity index is 2.43. The lowest BCUT2D eigenvalue weighted by molar-refractivity contribution is 0.112. The number of aldehydes is 1. The third-order valence-corrected chi connectivity index (χ3v) is 3.03. The van der Waals surface area contributed by atoms with E-state index < -0.39 is 0 Å². The number of para-hydroxylation sites is 1. The molecule has 0 bridgehead atoms. The molecule has 0 aromatic heterocycles. The molecule has 0 heterocycles. The number of benzene rings is 2. The molecule has 0 saturated carbocycles. The van der Waals surface area contributed by atoms with Crippen molar-refractivity contribution >= 4 is 6.29 Å². The maximum atomic E-state index is 11.0. The van der Waals surface area contributed by atoms with Crippen LogP contribution in [-0.4, -0.2) is 6.29 Å². The molecule has 2 nitrogen and oxygen atoms in total. The molecule has 0 fully saturated rings. The minimum Gasteiger partial charge on any atom is -0.456 e. The fraction of sp³-hybridized carbons (Fsp3) is 0.188. The third kappa shape index (κ3) is 2.43. The van der Waals surface area contributed by atoms with Crippen LogP contribution < -0.4 is 4.74 Å². The minimum atomic E-state index is 0.566. The van der Waals surface area contributed by atoms with Crippen molar-refractivity contribution < 1.29 is 9.53 Å². The second-order valence-corrected chi connectivity index (χ2v) is 4.46. The van der Waals surface area contributed by atoms with Crippen molar-refractivity contribution in [1.82, 2.24) is 0 Å². The van der Waals surface area contributed by atoms with Gasteiger partial charge in [-0.2, -0.15) is 0 Å². The molecular formula is C16H16O2. The Labute approximate surface area is 107 Å². The molecule has 2 aromatic rings. The van der Waals surface area contributed by atoms with E-state index in [1.807, 2.05) is 32.0 Å². The fourth-order valence-electron chi connectivity index (χ4n) is 1.90. The topological polar surface area (TPSA) is 26.3 Å². The summed E-state index contributed by atoms with van der Waals surface area (Å²) >= 11 is 0. The molecule has 0 atom stereocenters. The molecule has 92 valence electrons. The van der Waals surface area contributed by atoms with Gasteiger partial charge in [-0.3, -0.25) is 4.79 Å². The van der Waals surface area contributed by atoms with Gasteiger partial charge in [0.1, 0.15) is 11.5 Å². The smallest absolute Gasteiger partial charge is 0.153 e. The molecule has 0 aliphatic rings. The SMILES string of the molecule is Cc1cc(C)c(C)c(Oc2ccccc2C=O)c1. The summed E-state index contributed by atoms with van der Waals surface area (Å²) < 4.78 is 5.86. The van der Waals surface area contributed by atoms with Crippen molar-refractivity contribution in [2.75, 3.05) is 0 Å². The van der Waals surface area contributed by atoms with Gasteiger partial charge in [-0.05, 0) is 55.7 Å². The first-order chi connectivity index (χ1) is 8.61. The second kappa shape index (κ2) is 5.05. The van der Waals surface area contributed by atoms with Crippen molar-refractivity contribution in [1.29, 1.82) is 0 Å². The Bertz CT molecular complexity index is 586. The van der Waals surface area contributed by atoms with E-state index in [2.05, 4.69) is 13.0 Å². The number of ether oxygens (including phenoxy) is 1. The number of carbonyl (C=O) groups is 1. The van der Waals surface area contributed by atoms with Gasteiger partial charge in [0.15, 0.2) is 6.29 Å². The molecule has 2 aromatic carbocycles. The summed E-state index contributed by atoms with van der Waals surface area (Å²) in [6.07, 6.45) is 0.813. The van der Waals surface area contributed by atoms with Crippen LogP contribution in [0.15, 0.2) is 36.4 Å². The maximum absolute atomic E-state index is 11.0. The number of aryl methyl sites for hydroxylation is 2. The van der Waals surface area contributed by atoms with Crippen LogP contribution >= 0.6 is 0 Å². The minimum absolute atomic E-state index is 0.566. The van der Waals surface area contributed by atoms with Gasteiger partial charge in [-0.25, -0.2) is 0 Å². The number of carbonyl (C=O) groups excluding carboxylic acids is 1. The van der Waals surface area contributed by atoms with Gasteiger partial charge in [0.25, 0.3) is 0 Å². The highest BCUT2D eigenvalue weighted by molar-refractivity contribution is 5.79. The first kappa shape index (κ1) is 12.4. The molecule has 0 saturated heterocycles. The Morgan fingerprint density at radius 2 is 1.72 bits per heavy atom. The van der Waals surface area contributed by atoms with Crippen LogP contribution in [0.2, 0.25) is 0 Å². The van der Waals surface area contributed by atoms with E-state index in [1.165, 1.54) is 5.56 Å². The predicted octanol–water partition coefficient (Wildman–Crippen LogP) is 4.22. The zero-order valence-electron chi connectivity index (χ0n) is 10.9. The highest BCUT2D eigenvalue weighted by Gasteiger charge is 2.08. The number of hydrogen-bond donors (Lipinski definition) is 0. The van der Waals surface area contributed by atoms with E-state index in [0.29, 0.717) is 11.3 Å². The monoisotopic (exact) mass is 240 g/mol. The zero-order chi connectivity index (χ0) is 13.1. The number of rotatable bonds is 3. The van der Waals surface area contributed by atoms with Crippen molar-refractivity contribution in [3.05, 3.63) is 58.7 Å².